The summed E-state index contributed by atoms with van der Waals surface area (Å²) in [5, 5.41) is 11.5. The van der Waals surface area contributed by atoms with Crippen molar-refractivity contribution in [2.45, 2.75) is 12.7 Å². The minimum absolute atomic E-state index is 0.0211. The van der Waals surface area contributed by atoms with Crippen LogP contribution in [-0.2, 0) is 11.3 Å². The molecule has 0 amide bonds. The minimum atomic E-state index is -0.537. The van der Waals surface area contributed by atoms with Crippen molar-refractivity contribution < 1.29 is 19.1 Å². The lowest BCUT2D eigenvalue weighted by molar-refractivity contribution is -0.386. The van der Waals surface area contributed by atoms with Gasteiger partial charge in [-0.05, 0) is 5.56 Å². The highest BCUT2D eigenvalue weighted by Gasteiger charge is 2.28. The molecule has 1 aliphatic heterocycles. The molecule has 0 N–H and O–H groups in total. The van der Waals surface area contributed by atoms with E-state index in [-0.39, 0.29) is 41.5 Å². The average molecular weight is 336 g/mol. The average Bonchev–Trinajstić information content (AvgIpc) is 3.36. The van der Waals surface area contributed by atoms with Crippen LogP contribution in [0.4, 0.5) is 5.69 Å². The molecule has 1 unspecified atom stereocenters. The van der Waals surface area contributed by atoms with E-state index in [1.54, 1.807) is 0 Å². The first-order valence-corrected chi connectivity index (χ1v) is 7.40. The summed E-state index contributed by atoms with van der Waals surface area (Å²) in [6.07, 6.45) is -0.0211. The molecule has 23 heavy (non-hydrogen) atoms. The number of rotatable bonds is 7. The van der Waals surface area contributed by atoms with Crippen molar-refractivity contribution in [3.63, 3.8) is 0 Å². The van der Waals surface area contributed by atoms with Gasteiger partial charge >= 0.3 is 5.69 Å². The number of nitro benzene ring substituents is 1. The minimum Gasteiger partial charge on any atom is -0.485 e. The van der Waals surface area contributed by atoms with Crippen molar-refractivity contribution >= 4 is 17.3 Å². The Kier molecular flexibility index (Phi) is 4.64. The molecule has 1 saturated heterocycles. The Bertz CT molecular complexity index is 703. The van der Waals surface area contributed by atoms with Crippen LogP contribution >= 0.6 is 11.6 Å². The summed E-state index contributed by atoms with van der Waals surface area (Å²) in [5.41, 5.74) is 0.716. The van der Waals surface area contributed by atoms with Crippen LogP contribution in [0.1, 0.15) is 5.56 Å². The maximum Gasteiger partial charge on any atom is 0.316 e. The van der Waals surface area contributed by atoms with E-state index in [1.165, 1.54) is 12.1 Å². The zero-order valence-electron chi connectivity index (χ0n) is 12.1. The molecule has 0 saturated carbocycles. The van der Waals surface area contributed by atoms with Crippen molar-refractivity contribution in [2.75, 3.05) is 13.2 Å². The van der Waals surface area contributed by atoms with Gasteiger partial charge in [0, 0.05) is 12.1 Å². The fourth-order valence-corrected chi connectivity index (χ4v) is 2.22. The molecule has 1 atom stereocenters. The van der Waals surface area contributed by atoms with Gasteiger partial charge in [0.1, 0.15) is 19.3 Å². The zero-order chi connectivity index (χ0) is 16.2. The van der Waals surface area contributed by atoms with Crippen LogP contribution in [0.15, 0.2) is 42.5 Å². The largest absolute Gasteiger partial charge is 0.485 e. The number of epoxide rings is 1. The van der Waals surface area contributed by atoms with E-state index in [1.807, 2.05) is 30.3 Å². The topological polar surface area (TPSA) is 74.1 Å². The standard InChI is InChI=1S/C16H14ClNO5/c17-12-6-14(18(19)20)16(23-10-13-9-21-13)15(7-12)22-8-11-4-2-1-3-5-11/h1-7,13H,8-10H2. The van der Waals surface area contributed by atoms with Gasteiger partial charge in [-0.15, -0.1) is 0 Å². The smallest absolute Gasteiger partial charge is 0.316 e. The van der Waals surface area contributed by atoms with E-state index in [9.17, 15) is 10.1 Å². The van der Waals surface area contributed by atoms with Gasteiger partial charge in [0.25, 0.3) is 0 Å². The third-order valence-corrected chi connectivity index (χ3v) is 3.47. The van der Waals surface area contributed by atoms with Gasteiger partial charge < -0.3 is 14.2 Å². The molecule has 1 aliphatic rings. The summed E-state index contributed by atoms with van der Waals surface area (Å²) in [6.45, 7) is 1.10. The predicted molar refractivity (Wildman–Crippen MR) is 84.1 cm³/mol. The predicted octanol–water partition coefficient (Wildman–Crippen LogP) is 3.60. The van der Waals surface area contributed by atoms with Crippen LogP contribution in [0.5, 0.6) is 11.5 Å². The highest BCUT2D eigenvalue weighted by atomic mass is 35.5. The van der Waals surface area contributed by atoms with Gasteiger partial charge in [0.15, 0.2) is 5.75 Å². The summed E-state index contributed by atoms with van der Waals surface area (Å²) in [5.74, 6) is 0.319. The number of hydrogen-bond acceptors (Lipinski definition) is 5. The van der Waals surface area contributed by atoms with Gasteiger partial charge in [-0.2, -0.15) is 0 Å². The second kappa shape index (κ2) is 6.85. The maximum atomic E-state index is 11.2. The Morgan fingerprint density at radius 3 is 2.65 bits per heavy atom. The fraction of sp³-hybridized carbons (Fsp3) is 0.250. The number of halogens is 1. The van der Waals surface area contributed by atoms with Crippen molar-refractivity contribution in [2.24, 2.45) is 0 Å². The van der Waals surface area contributed by atoms with Crippen LogP contribution in [0.25, 0.3) is 0 Å². The van der Waals surface area contributed by atoms with E-state index in [4.69, 9.17) is 25.8 Å². The molecule has 1 heterocycles. The van der Waals surface area contributed by atoms with Crippen LogP contribution in [0, 0.1) is 10.1 Å². The van der Waals surface area contributed by atoms with E-state index in [0.29, 0.717) is 6.61 Å². The van der Waals surface area contributed by atoms with E-state index < -0.39 is 4.92 Å². The summed E-state index contributed by atoms with van der Waals surface area (Å²) in [4.78, 5) is 10.7. The molecule has 3 rings (SSSR count). The molecule has 0 bridgehead atoms. The highest BCUT2D eigenvalue weighted by molar-refractivity contribution is 6.31. The second-order valence-corrected chi connectivity index (χ2v) is 5.49. The first kappa shape index (κ1) is 15.6. The Morgan fingerprint density at radius 1 is 1.26 bits per heavy atom. The lowest BCUT2D eigenvalue weighted by Crippen LogP contribution is -2.08. The van der Waals surface area contributed by atoms with E-state index >= 15 is 0 Å². The van der Waals surface area contributed by atoms with E-state index in [0.717, 1.165) is 5.56 Å². The Balaban J connectivity index is 1.84. The lowest BCUT2D eigenvalue weighted by Gasteiger charge is -2.13. The Hall–Kier alpha value is -2.31. The third kappa shape index (κ3) is 4.12. The SMILES string of the molecule is O=[N+]([O-])c1cc(Cl)cc(OCc2ccccc2)c1OCC1CO1. The summed E-state index contributed by atoms with van der Waals surface area (Å²) >= 11 is 5.96. The molecule has 6 nitrogen and oxygen atoms in total. The fourth-order valence-electron chi connectivity index (χ4n) is 2.02. The zero-order valence-corrected chi connectivity index (χ0v) is 12.9. The molecule has 2 aromatic rings. The Labute approximate surface area is 137 Å². The molecule has 2 aromatic carbocycles. The van der Waals surface area contributed by atoms with Gasteiger partial charge in [-0.3, -0.25) is 10.1 Å². The molecule has 0 aliphatic carbocycles. The van der Waals surface area contributed by atoms with Crippen molar-refractivity contribution in [1.82, 2.24) is 0 Å². The van der Waals surface area contributed by atoms with Crippen LogP contribution in [0.3, 0.4) is 0 Å². The maximum absolute atomic E-state index is 11.2. The number of nitro groups is 1. The monoisotopic (exact) mass is 335 g/mol. The lowest BCUT2D eigenvalue weighted by atomic mass is 10.2. The van der Waals surface area contributed by atoms with Crippen molar-refractivity contribution in [3.05, 3.63) is 63.2 Å². The summed E-state index contributed by atoms with van der Waals surface area (Å²) in [6, 6.07) is 12.2. The normalized spacial score (nSPS) is 16.0. The van der Waals surface area contributed by atoms with Gasteiger partial charge in [-0.25, -0.2) is 0 Å². The number of hydrogen-bond donors (Lipinski definition) is 0. The molecule has 0 radical (unpaired) electrons. The van der Waals surface area contributed by atoms with Crippen LogP contribution < -0.4 is 9.47 Å². The number of ether oxygens (including phenoxy) is 3. The van der Waals surface area contributed by atoms with Crippen molar-refractivity contribution in [3.8, 4) is 11.5 Å². The third-order valence-electron chi connectivity index (χ3n) is 3.25. The molecular weight excluding hydrogens is 322 g/mol. The second-order valence-electron chi connectivity index (χ2n) is 5.05. The molecule has 1 fully saturated rings. The molecular formula is C16H14ClNO5. The van der Waals surface area contributed by atoms with Crippen LogP contribution in [0.2, 0.25) is 5.02 Å². The van der Waals surface area contributed by atoms with E-state index in [2.05, 4.69) is 0 Å². The molecule has 120 valence electrons. The van der Waals surface area contributed by atoms with Gasteiger partial charge in [0.2, 0.25) is 5.75 Å². The van der Waals surface area contributed by atoms with Gasteiger partial charge in [-0.1, -0.05) is 41.9 Å². The highest BCUT2D eigenvalue weighted by Crippen LogP contribution is 2.40. The number of nitrogens with zero attached hydrogens (tertiary/aromatic N) is 1. The summed E-state index contributed by atoms with van der Waals surface area (Å²) in [7, 11) is 0. The van der Waals surface area contributed by atoms with Crippen molar-refractivity contribution in [1.29, 1.82) is 0 Å². The quantitative estimate of drug-likeness (QED) is 0.439. The molecule has 7 heteroatoms. The van der Waals surface area contributed by atoms with Crippen LogP contribution in [-0.4, -0.2) is 24.2 Å². The molecule has 0 spiro atoms. The first-order valence-electron chi connectivity index (χ1n) is 7.02. The Morgan fingerprint density at radius 2 is 2.00 bits per heavy atom. The number of benzene rings is 2. The first-order chi connectivity index (χ1) is 11.1. The summed E-state index contributed by atoms with van der Waals surface area (Å²) < 4.78 is 16.3. The van der Waals surface area contributed by atoms with Gasteiger partial charge in [0.05, 0.1) is 16.6 Å². The molecule has 0 aromatic heterocycles.